The Morgan fingerprint density at radius 1 is 1.00 bits per heavy atom. The molecule has 2 aromatic carbocycles. The number of aryl methyl sites for hydroxylation is 1. The van der Waals surface area contributed by atoms with Gasteiger partial charge in [-0.1, -0.05) is 62.4 Å². The van der Waals surface area contributed by atoms with Crippen molar-refractivity contribution in [3.05, 3.63) is 107 Å². The largest absolute Gasteiger partial charge is 0.505 e. The number of pyridine rings is 1. The van der Waals surface area contributed by atoms with Crippen LogP contribution in [0.5, 0.6) is 5.75 Å². The minimum absolute atomic E-state index is 0.0542. The zero-order chi connectivity index (χ0) is 28.2. The van der Waals surface area contributed by atoms with E-state index in [2.05, 4.69) is 23.7 Å². The zero-order valence-electron chi connectivity index (χ0n) is 23.1. The lowest BCUT2D eigenvalue weighted by Crippen LogP contribution is -2.38. The highest BCUT2D eigenvalue weighted by molar-refractivity contribution is 6.46. The van der Waals surface area contributed by atoms with E-state index < -0.39 is 17.7 Å². The number of aliphatic hydroxyl groups excluding tert-OH is 1. The number of hydrogen-bond donors (Lipinski definition) is 1. The van der Waals surface area contributed by atoms with E-state index in [9.17, 15) is 14.7 Å². The van der Waals surface area contributed by atoms with Crippen LogP contribution in [-0.4, -0.2) is 62.2 Å². The summed E-state index contributed by atoms with van der Waals surface area (Å²) in [7, 11) is 0. The summed E-state index contributed by atoms with van der Waals surface area (Å²) in [5, 5.41) is 11.7. The van der Waals surface area contributed by atoms with Gasteiger partial charge >= 0.3 is 0 Å². The average Bonchev–Trinajstić information content (AvgIpc) is 3.45. The maximum absolute atomic E-state index is 13.6. The summed E-state index contributed by atoms with van der Waals surface area (Å²) in [4.78, 5) is 35.4. The molecule has 1 aliphatic rings. The molecule has 0 saturated carbocycles. The molecule has 1 N–H and O–H groups in total. The standard InChI is InChI=1S/C32H34N4O4/c1-4-34(5-2)18-19-36-29(24-14-11-15-25(20-24)40-21-23-12-7-6-8-13-23)27(31(38)32(36)39)30(37)28-22(3)33-26-16-9-10-17-35(26)28/h6-17,20,29,37H,4-5,18-19,21H2,1-3H3/b30-27+. The quantitative estimate of drug-likeness (QED) is 0.174. The van der Waals surface area contributed by atoms with E-state index in [0.717, 1.165) is 18.7 Å². The molecular formula is C32H34N4O4. The molecule has 0 radical (unpaired) electrons. The molecule has 1 fully saturated rings. The lowest BCUT2D eigenvalue weighted by Gasteiger charge is -2.28. The maximum atomic E-state index is 13.6. The van der Waals surface area contributed by atoms with Crippen LogP contribution in [-0.2, 0) is 16.2 Å². The molecule has 0 bridgehead atoms. The first kappa shape index (κ1) is 27.1. The highest BCUT2D eigenvalue weighted by Gasteiger charge is 2.46. The molecule has 0 aliphatic carbocycles. The van der Waals surface area contributed by atoms with Crippen molar-refractivity contribution in [2.75, 3.05) is 26.2 Å². The van der Waals surface area contributed by atoms with Gasteiger partial charge in [-0.3, -0.25) is 14.0 Å². The fourth-order valence-corrected chi connectivity index (χ4v) is 5.29. The van der Waals surface area contributed by atoms with Gasteiger partial charge in [0.05, 0.1) is 17.3 Å². The second-order valence-electron chi connectivity index (χ2n) is 9.84. The minimum atomic E-state index is -0.774. The smallest absolute Gasteiger partial charge is 0.295 e. The number of benzene rings is 2. The summed E-state index contributed by atoms with van der Waals surface area (Å²) in [6, 6.07) is 22.0. The lowest BCUT2D eigenvalue weighted by molar-refractivity contribution is -0.140. The molecule has 4 aromatic rings. The van der Waals surface area contributed by atoms with Gasteiger partial charge in [-0.15, -0.1) is 0 Å². The van der Waals surface area contributed by atoms with Crippen LogP contribution in [0, 0.1) is 6.92 Å². The first-order valence-corrected chi connectivity index (χ1v) is 13.6. The minimum Gasteiger partial charge on any atom is -0.505 e. The van der Waals surface area contributed by atoms with Gasteiger partial charge in [0.2, 0.25) is 0 Å². The Balaban J connectivity index is 1.58. The highest BCUT2D eigenvalue weighted by atomic mass is 16.5. The number of hydrogen-bond acceptors (Lipinski definition) is 6. The Bertz CT molecular complexity index is 1560. The van der Waals surface area contributed by atoms with Gasteiger partial charge in [-0.05, 0) is 55.4 Å². The fourth-order valence-electron chi connectivity index (χ4n) is 5.29. The summed E-state index contributed by atoms with van der Waals surface area (Å²) < 4.78 is 7.81. The Morgan fingerprint density at radius 2 is 1.75 bits per heavy atom. The molecule has 1 amide bonds. The van der Waals surface area contributed by atoms with Crippen LogP contribution in [0.2, 0.25) is 0 Å². The van der Waals surface area contributed by atoms with Crippen molar-refractivity contribution in [3.8, 4) is 5.75 Å². The molecule has 8 heteroatoms. The highest BCUT2D eigenvalue weighted by Crippen LogP contribution is 2.40. The van der Waals surface area contributed by atoms with Gasteiger partial charge < -0.3 is 19.6 Å². The van der Waals surface area contributed by atoms with E-state index in [1.54, 1.807) is 22.4 Å². The van der Waals surface area contributed by atoms with Gasteiger partial charge in [-0.2, -0.15) is 0 Å². The third kappa shape index (κ3) is 5.22. The van der Waals surface area contributed by atoms with Gasteiger partial charge in [-0.25, -0.2) is 4.98 Å². The van der Waals surface area contributed by atoms with E-state index in [0.29, 0.717) is 48.0 Å². The van der Waals surface area contributed by atoms with Crippen LogP contribution >= 0.6 is 0 Å². The van der Waals surface area contributed by atoms with E-state index in [4.69, 9.17) is 4.74 Å². The summed E-state index contributed by atoms with van der Waals surface area (Å²) in [6.45, 7) is 8.90. The fraction of sp³-hybridized carbons (Fsp3) is 0.281. The predicted octanol–water partition coefficient (Wildman–Crippen LogP) is 4.99. The number of ether oxygens (including phenoxy) is 1. The molecule has 2 aromatic heterocycles. The van der Waals surface area contributed by atoms with Crippen molar-refractivity contribution in [2.24, 2.45) is 0 Å². The number of amides is 1. The number of imidazole rings is 1. The summed E-state index contributed by atoms with van der Waals surface area (Å²) in [5.41, 5.74) is 3.39. The zero-order valence-corrected chi connectivity index (χ0v) is 23.1. The van der Waals surface area contributed by atoms with E-state index in [-0.39, 0.29) is 11.3 Å². The number of carbonyl (C=O) groups is 2. The molecule has 1 unspecified atom stereocenters. The van der Waals surface area contributed by atoms with Gasteiger partial charge in [0.15, 0.2) is 5.76 Å². The Hall–Kier alpha value is -4.43. The summed E-state index contributed by atoms with van der Waals surface area (Å²) in [6.07, 6.45) is 1.79. The molecule has 8 nitrogen and oxygen atoms in total. The number of nitrogens with zero attached hydrogens (tertiary/aromatic N) is 4. The maximum Gasteiger partial charge on any atom is 0.295 e. The van der Waals surface area contributed by atoms with Gasteiger partial charge in [0.1, 0.15) is 23.7 Å². The molecule has 0 spiro atoms. The number of Topliss-reactive ketones (excluding diaryl/α,β-unsaturated/α-hetero) is 1. The first-order valence-electron chi connectivity index (χ1n) is 13.6. The van der Waals surface area contributed by atoms with Crippen molar-refractivity contribution < 1.29 is 19.4 Å². The monoisotopic (exact) mass is 538 g/mol. The lowest BCUT2D eigenvalue weighted by atomic mass is 9.96. The second kappa shape index (κ2) is 11.8. The van der Waals surface area contributed by atoms with Crippen LogP contribution in [0.15, 0.2) is 84.6 Å². The van der Waals surface area contributed by atoms with Crippen molar-refractivity contribution in [3.63, 3.8) is 0 Å². The van der Waals surface area contributed by atoms with Crippen molar-refractivity contribution in [1.29, 1.82) is 0 Å². The van der Waals surface area contributed by atoms with Crippen LogP contribution < -0.4 is 4.74 Å². The number of fused-ring (bicyclic) bond motifs is 1. The molecule has 40 heavy (non-hydrogen) atoms. The van der Waals surface area contributed by atoms with E-state index >= 15 is 0 Å². The van der Waals surface area contributed by atoms with E-state index in [1.807, 2.05) is 72.8 Å². The SMILES string of the molecule is CCN(CC)CCN1C(=O)C(=O)/C(=C(/O)c2c(C)nc3ccccn23)C1c1cccc(OCc2ccccc2)c1. The van der Waals surface area contributed by atoms with Gasteiger partial charge in [0, 0.05) is 19.3 Å². The summed E-state index contributed by atoms with van der Waals surface area (Å²) in [5.74, 6) is -0.953. The third-order valence-corrected chi connectivity index (χ3v) is 7.44. The summed E-state index contributed by atoms with van der Waals surface area (Å²) >= 11 is 0. The number of ketones is 1. The van der Waals surface area contributed by atoms with Crippen LogP contribution in [0.1, 0.15) is 42.4 Å². The number of aromatic nitrogens is 2. The molecule has 1 aliphatic heterocycles. The molecule has 1 saturated heterocycles. The topological polar surface area (TPSA) is 87.4 Å². The van der Waals surface area contributed by atoms with Crippen LogP contribution in [0.4, 0.5) is 0 Å². The van der Waals surface area contributed by atoms with Gasteiger partial charge in [0.25, 0.3) is 11.7 Å². The Morgan fingerprint density at radius 3 is 2.50 bits per heavy atom. The Kier molecular flexibility index (Phi) is 7.98. The number of likely N-dealkylation sites (tertiary alicyclic amines) is 1. The molecular weight excluding hydrogens is 504 g/mol. The predicted molar refractivity (Wildman–Crippen MR) is 154 cm³/mol. The van der Waals surface area contributed by atoms with Crippen molar-refractivity contribution >= 4 is 23.1 Å². The van der Waals surface area contributed by atoms with Crippen molar-refractivity contribution in [1.82, 2.24) is 19.2 Å². The number of aliphatic hydroxyl groups is 1. The number of rotatable bonds is 10. The molecule has 206 valence electrons. The average molecular weight is 539 g/mol. The number of likely N-dealkylation sites (N-methyl/N-ethyl adjacent to an activating group) is 1. The Labute approximate surface area is 234 Å². The molecule has 3 heterocycles. The third-order valence-electron chi connectivity index (χ3n) is 7.44. The van der Waals surface area contributed by atoms with E-state index in [1.165, 1.54) is 0 Å². The first-order chi connectivity index (χ1) is 19.4. The normalized spacial score (nSPS) is 16.8. The van der Waals surface area contributed by atoms with Crippen LogP contribution in [0.3, 0.4) is 0 Å². The van der Waals surface area contributed by atoms with Crippen molar-refractivity contribution in [2.45, 2.75) is 33.4 Å². The molecule has 5 rings (SSSR count). The second-order valence-corrected chi connectivity index (χ2v) is 9.84. The molecule has 1 atom stereocenters. The van der Waals surface area contributed by atoms with Crippen LogP contribution in [0.25, 0.3) is 11.4 Å². The number of carbonyl (C=O) groups excluding carboxylic acids is 2.